The monoisotopic (exact) mass is 415 g/mol. The molecule has 0 saturated carbocycles. The van der Waals surface area contributed by atoms with Gasteiger partial charge in [-0.3, -0.25) is 9.88 Å². The minimum absolute atomic E-state index is 0. The van der Waals surface area contributed by atoms with Crippen molar-refractivity contribution in [2.24, 2.45) is 0 Å². The summed E-state index contributed by atoms with van der Waals surface area (Å²) >= 11 is 0. The number of hydrogen-bond donors (Lipinski definition) is 1. The molecular formula is C18H23Cl2N3O4. The van der Waals surface area contributed by atoms with Crippen LogP contribution in [0, 0.1) is 0 Å². The number of aromatic nitrogens is 1. The van der Waals surface area contributed by atoms with E-state index in [-0.39, 0.29) is 30.9 Å². The second kappa shape index (κ2) is 11.5. The highest BCUT2D eigenvalue weighted by molar-refractivity contribution is 5.85. The van der Waals surface area contributed by atoms with E-state index in [1.807, 2.05) is 12.1 Å². The number of nitrogens with one attached hydrogen (secondary N) is 1. The Hall–Kier alpha value is -2.22. The van der Waals surface area contributed by atoms with Crippen molar-refractivity contribution in [2.45, 2.75) is 6.04 Å². The zero-order valence-electron chi connectivity index (χ0n) is 14.9. The molecule has 1 saturated heterocycles. The van der Waals surface area contributed by atoms with Gasteiger partial charge in [-0.1, -0.05) is 6.07 Å². The number of carbonyl (C=O) groups is 1. The van der Waals surface area contributed by atoms with Crippen molar-refractivity contribution in [3.8, 4) is 17.2 Å². The number of ether oxygens (including phenoxy) is 3. The van der Waals surface area contributed by atoms with Crippen LogP contribution in [0.25, 0.3) is 0 Å². The highest BCUT2D eigenvalue weighted by Crippen LogP contribution is 2.20. The molecule has 0 aliphatic carbocycles. The van der Waals surface area contributed by atoms with E-state index in [2.05, 4.69) is 10.3 Å². The van der Waals surface area contributed by atoms with Gasteiger partial charge in [-0.2, -0.15) is 0 Å². The van der Waals surface area contributed by atoms with Crippen LogP contribution in [0.3, 0.4) is 0 Å². The summed E-state index contributed by atoms with van der Waals surface area (Å²) in [6, 6.07) is 10.5. The Morgan fingerprint density at radius 3 is 2.74 bits per heavy atom. The fourth-order valence-electron chi connectivity index (χ4n) is 2.60. The molecule has 148 valence electrons. The normalized spacial score (nSPS) is 15.7. The van der Waals surface area contributed by atoms with Gasteiger partial charge >= 0.3 is 6.09 Å². The second-order valence-electron chi connectivity index (χ2n) is 5.60. The van der Waals surface area contributed by atoms with E-state index in [1.54, 1.807) is 48.7 Å². The summed E-state index contributed by atoms with van der Waals surface area (Å²) in [5, 5.41) is 3.27. The molecule has 1 unspecified atom stereocenters. The minimum atomic E-state index is -0.394. The topological polar surface area (TPSA) is 72.9 Å². The van der Waals surface area contributed by atoms with E-state index in [9.17, 15) is 4.79 Å². The van der Waals surface area contributed by atoms with Gasteiger partial charge in [0.15, 0.2) is 0 Å². The lowest BCUT2D eigenvalue weighted by Gasteiger charge is -2.35. The van der Waals surface area contributed by atoms with Crippen molar-refractivity contribution in [3.05, 3.63) is 48.8 Å². The van der Waals surface area contributed by atoms with Gasteiger partial charge in [-0.15, -0.1) is 24.8 Å². The molecule has 1 N–H and O–H groups in total. The van der Waals surface area contributed by atoms with Crippen LogP contribution in [-0.2, 0) is 0 Å². The zero-order chi connectivity index (χ0) is 17.5. The number of hydrogen-bond acceptors (Lipinski definition) is 6. The Morgan fingerprint density at radius 1 is 1.22 bits per heavy atom. The number of pyridine rings is 1. The van der Waals surface area contributed by atoms with Crippen LogP contribution < -0.4 is 19.5 Å². The summed E-state index contributed by atoms with van der Waals surface area (Å²) in [5.74, 6) is 1.77. The third-order valence-corrected chi connectivity index (χ3v) is 3.91. The van der Waals surface area contributed by atoms with Crippen molar-refractivity contribution in [2.75, 3.05) is 33.4 Å². The molecule has 0 bridgehead atoms. The number of carbonyl (C=O) groups excluding carboxylic acids is 1. The van der Waals surface area contributed by atoms with Crippen LogP contribution in [0.1, 0.15) is 0 Å². The number of amides is 1. The first-order valence-corrected chi connectivity index (χ1v) is 8.12. The lowest BCUT2D eigenvalue weighted by atomic mass is 10.2. The number of benzene rings is 1. The van der Waals surface area contributed by atoms with Crippen LogP contribution in [0.15, 0.2) is 48.8 Å². The van der Waals surface area contributed by atoms with Gasteiger partial charge in [0.2, 0.25) is 0 Å². The Bertz CT molecular complexity index is 706. The summed E-state index contributed by atoms with van der Waals surface area (Å²) in [6.45, 7) is 2.29. The van der Waals surface area contributed by atoms with Gasteiger partial charge in [-0.05, 0) is 24.3 Å². The maximum Gasteiger partial charge on any atom is 0.415 e. The standard InChI is InChI=1S/C18H21N3O4.2ClH/c1-23-15-4-2-5-16(10-15)25-18(22)21-9-8-20-11-14(21)13-24-17-6-3-7-19-12-17;;/h2-7,10,12,14,20H,8-9,11,13H2,1H3;2*1H. The average Bonchev–Trinajstić information content (AvgIpc) is 2.67. The highest BCUT2D eigenvalue weighted by atomic mass is 35.5. The molecule has 1 aromatic carbocycles. The fraction of sp³-hybridized carbons (Fsp3) is 0.333. The predicted octanol–water partition coefficient (Wildman–Crippen LogP) is 2.79. The summed E-state index contributed by atoms with van der Waals surface area (Å²) in [5.41, 5.74) is 0. The molecule has 9 heteroatoms. The maximum atomic E-state index is 12.6. The summed E-state index contributed by atoms with van der Waals surface area (Å²) in [6.07, 6.45) is 2.94. The first-order valence-electron chi connectivity index (χ1n) is 8.12. The van der Waals surface area contributed by atoms with Crippen LogP contribution in [0.2, 0.25) is 0 Å². The van der Waals surface area contributed by atoms with Gasteiger partial charge in [0.1, 0.15) is 23.9 Å². The first kappa shape index (κ1) is 22.8. The number of piperazine rings is 1. The van der Waals surface area contributed by atoms with E-state index in [4.69, 9.17) is 14.2 Å². The Balaban J connectivity index is 0.00000182. The van der Waals surface area contributed by atoms with E-state index >= 15 is 0 Å². The molecular weight excluding hydrogens is 393 g/mol. The summed E-state index contributed by atoms with van der Waals surface area (Å²) < 4.78 is 16.4. The van der Waals surface area contributed by atoms with Crippen molar-refractivity contribution in [1.82, 2.24) is 15.2 Å². The number of halogens is 2. The number of rotatable bonds is 5. The molecule has 7 nitrogen and oxygen atoms in total. The Kier molecular flexibility index (Phi) is 9.71. The quantitative estimate of drug-likeness (QED) is 0.808. The van der Waals surface area contributed by atoms with Gasteiger partial charge < -0.3 is 19.5 Å². The minimum Gasteiger partial charge on any atom is -0.497 e. The van der Waals surface area contributed by atoms with Crippen molar-refractivity contribution >= 4 is 30.9 Å². The summed E-state index contributed by atoms with van der Waals surface area (Å²) in [7, 11) is 1.57. The zero-order valence-corrected chi connectivity index (χ0v) is 16.5. The van der Waals surface area contributed by atoms with Crippen LogP contribution in [0.5, 0.6) is 17.2 Å². The van der Waals surface area contributed by atoms with Crippen LogP contribution >= 0.6 is 24.8 Å². The molecule has 1 fully saturated rings. The van der Waals surface area contributed by atoms with Crippen LogP contribution in [-0.4, -0.2) is 55.4 Å². The highest BCUT2D eigenvalue weighted by Gasteiger charge is 2.28. The molecule has 1 atom stereocenters. The van der Waals surface area contributed by atoms with Gasteiger partial charge in [-0.25, -0.2) is 4.79 Å². The third-order valence-electron chi connectivity index (χ3n) is 3.91. The molecule has 3 rings (SSSR count). The van der Waals surface area contributed by atoms with Gasteiger partial charge in [0, 0.05) is 31.9 Å². The van der Waals surface area contributed by atoms with Crippen LogP contribution in [0.4, 0.5) is 4.79 Å². The number of methoxy groups -OCH3 is 1. The average molecular weight is 416 g/mol. The molecule has 0 radical (unpaired) electrons. The second-order valence-corrected chi connectivity index (χ2v) is 5.60. The smallest absolute Gasteiger partial charge is 0.415 e. The largest absolute Gasteiger partial charge is 0.497 e. The molecule has 2 heterocycles. The molecule has 1 aliphatic rings. The van der Waals surface area contributed by atoms with Crippen molar-refractivity contribution < 1.29 is 19.0 Å². The van der Waals surface area contributed by atoms with Crippen molar-refractivity contribution in [1.29, 1.82) is 0 Å². The maximum absolute atomic E-state index is 12.6. The molecule has 1 amide bonds. The van der Waals surface area contributed by atoms with E-state index in [0.29, 0.717) is 36.9 Å². The Morgan fingerprint density at radius 2 is 2.00 bits per heavy atom. The van der Waals surface area contributed by atoms with Gasteiger partial charge in [0.05, 0.1) is 19.3 Å². The van der Waals surface area contributed by atoms with E-state index in [1.165, 1.54) is 0 Å². The molecule has 0 spiro atoms. The Labute approximate surface area is 170 Å². The SMILES string of the molecule is COc1cccc(OC(=O)N2CCNCC2COc2cccnc2)c1.Cl.Cl. The molecule has 1 aliphatic heterocycles. The molecule has 2 aromatic rings. The summed E-state index contributed by atoms with van der Waals surface area (Å²) in [4.78, 5) is 18.3. The lowest BCUT2D eigenvalue weighted by molar-refractivity contribution is 0.0952. The first-order chi connectivity index (χ1) is 12.3. The third kappa shape index (κ3) is 6.46. The predicted molar refractivity (Wildman–Crippen MR) is 107 cm³/mol. The molecule has 1 aromatic heterocycles. The lowest BCUT2D eigenvalue weighted by Crippen LogP contribution is -2.56. The fourth-order valence-corrected chi connectivity index (χ4v) is 2.60. The van der Waals surface area contributed by atoms with Crippen molar-refractivity contribution in [3.63, 3.8) is 0 Å². The molecule has 27 heavy (non-hydrogen) atoms. The van der Waals surface area contributed by atoms with E-state index < -0.39 is 6.09 Å². The van der Waals surface area contributed by atoms with E-state index in [0.717, 1.165) is 6.54 Å². The number of nitrogens with zero attached hydrogens (tertiary/aromatic N) is 2. The van der Waals surface area contributed by atoms with Gasteiger partial charge in [0.25, 0.3) is 0 Å².